The van der Waals surface area contributed by atoms with Crippen molar-refractivity contribution in [2.75, 3.05) is 29.9 Å². The van der Waals surface area contributed by atoms with E-state index in [1.807, 2.05) is 48.3 Å². The topological polar surface area (TPSA) is 53.7 Å². The number of anilines is 2. The third-order valence-corrected chi connectivity index (χ3v) is 5.24. The molecule has 0 spiro atoms. The molecule has 144 valence electrons. The second-order valence-electron chi connectivity index (χ2n) is 7.00. The molecule has 6 nitrogen and oxygen atoms in total. The van der Waals surface area contributed by atoms with Crippen molar-refractivity contribution in [3.63, 3.8) is 0 Å². The number of nitrogens with zero attached hydrogens (tertiary/aromatic N) is 5. The smallest absolute Gasteiger partial charge is 0.263 e. The Morgan fingerprint density at radius 3 is 2.69 bits per heavy atom. The molecule has 0 saturated carbocycles. The van der Waals surface area contributed by atoms with Crippen LogP contribution in [-0.2, 0) is 0 Å². The first kappa shape index (κ1) is 17.4. The first-order chi connectivity index (χ1) is 14.1. The maximum absolute atomic E-state index is 13.7. The molecule has 5 rings (SSSR count). The van der Waals surface area contributed by atoms with Gasteiger partial charge in [0, 0.05) is 31.9 Å². The van der Waals surface area contributed by atoms with Crippen LogP contribution in [0, 0.1) is 5.82 Å². The molecule has 0 N–H and O–H groups in total. The highest BCUT2D eigenvalue weighted by Crippen LogP contribution is 2.34. The van der Waals surface area contributed by atoms with Crippen LogP contribution in [0.2, 0.25) is 0 Å². The van der Waals surface area contributed by atoms with Gasteiger partial charge in [-0.3, -0.25) is 4.79 Å². The Morgan fingerprint density at radius 2 is 1.86 bits per heavy atom. The average molecular weight is 387 g/mol. The highest BCUT2D eigenvalue weighted by atomic mass is 19.1. The average Bonchev–Trinajstić information content (AvgIpc) is 3.19. The van der Waals surface area contributed by atoms with Crippen LogP contribution in [-0.4, -0.2) is 40.6 Å². The van der Waals surface area contributed by atoms with Crippen LogP contribution in [0.1, 0.15) is 10.4 Å². The van der Waals surface area contributed by atoms with Crippen molar-refractivity contribution in [1.29, 1.82) is 0 Å². The minimum atomic E-state index is -0.324. The summed E-state index contributed by atoms with van der Waals surface area (Å²) in [6.45, 7) is 1.12. The van der Waals surface area contributed by atoms with Crippen molar-refractivity contribution in [2.24, 2.45) is 0 Å². The van der Waals surface area contributed by atoms with Crippen LogP contribution in [0.25, 0.3) is 16.9 Å². The van der Waals surface area contributed by atoms with Crippen LogP contribution in [0.3, 0.4) is 0 Å². The van der Waals surface area contributed by atoms with Crippen molar-refractivity contribution in [1.82, 2.24) is 14.6 Å². The van der Waals surface area contributed by atoms with Gasteiger partial charge < -0.3 is 9.80 Å². The summed E-state index contributed by atoms with van der Waals surface area (Å²) in [4.78, 5) is 21.4. The molecule has 0 fully saturated rings. The number of likely N-dealkylation sites (N-methyl/N-ethyl adjacent to an activating group) is 1. The molecule has 1 aliphatic heterocycles. The normalized spacial score (nSPS) is 13.6. The zero-order valence-corrected chi connectivity index (χ0v) is 15.8. The second kappa shape index (κ2) is 6.70. The summed E-state index contributed by atoms with van der Waals surface area (Å²) in [6, 6.07) is 16.2. The Bertz CT molecular complexity index is 1220. The van der Waals surface area contributed by atoms with E-state index < -0.39 is 0 Å². The molecule has 0 saturated heterocycles. The van der Waals surface area contributed by atoms with E-state index in [-0.39, 0.29) is 11.7 Å². The van der Waals surface area contributed by atoms with Gasteiger partial charge in [0.25, 0.3) is 5.91 Å². The fraction of sp³-hybridized carbons (Fsp3) is 0.136. The van der Waals surface area contributed by atoms with Gasteiger partial charge in [0.1, 0.15) is 11.4 Å². The molecule has 4 aromatic rings. The molecular formula is C22H18FN5O. The van der Waals surface area contributed by atoms with Gasteiger partial charge in [0.05, 0.1) is 23.3 Å². The molecule has 2 aromatic carbocycles. The van der Waals surface area contributed by atoms with Crippen LogP contribution in [0.5, 0.6) is 0 Å². The summed E-state index contributed by atoms with van der Waals surface area (Å²) in [5.41, 5.74) is 4.14. The second-order valence-corrected chi connectivity index (χ2v) is 7.00. The minimum Gasteiger partial charge on any atom is -0.371 e. The molecule has 0 atom stereocenters. The summed E-state index contributed by atoms with van der Waals surface area (Å²) >= 11 is 0. The Hall–Kier alpha value is -3.74. The lowest BCUT2D eigenvalue weighted by Gasteiger charge is -2.35. The van der Waals surface area contributed by atoms with Crippen LogP contribution < -0.4 is 9.80 Å². The van der Waals surface area contributed by atoms with E-state index in [2.05, 4.69) is 10.1 Å². The van der Waals surface area contributed by atoms with Crippen molar-refractivity contribution < 1.29 is 9.18 Å². The van der Waals surface area contributed by atoms with Gasteiger partial charge in [0.15, 0.2) is 5.65 Å². The van der Waals surface area contributed by atoms with Gasteiger partial charge in [-0.25, -0.2) is 13.9 Å². The van der Waals surface area contributed by atoms with E-state index in [9.17, 15) is 9.18 Å². The summed E-state index contributed by atoms with van der Waals surface area (Å²) in [7, 11) is 1.89. The van der Waals surface area contributed by atoms with Crippen molar-refractivity contribution >= 4 is 22.9 Å². The maximum atomic E-state index is 13.7. The summed E-state index contributed by atoms with van der Waals surface area (Å²) in [6.07, 6.45) is 3.24. The highest BCUT2D eigenvalue weighted by molar-refractivity contribution is 6.11. The number of rotatable bonds is 2. The molecule has 1 aliphatic rings. The molecule has 0 radical (unpaired) electrons. The lowest BCUT2D eigenvalue weighted by atomic mass is 10.1. The van der Waals surface area contributed by atoms with Gasteiger partial charge in [-0.15, -0.1) is 0 Å². The quantitative estimate of drug-likeness (QED) is 0.527. The summed E-state index contributed by atoms with van der Waals surface area (Å²) in [5.74, 6) is -0.520. The molecule has 3 heterocycles. The van der Waals surface area contributed by atoms with Crippen LogP contribution in [0.15, 0.2) is 67.0 Å². The van der Waals surface area contributed by atoms with E-state index in [1.165, 1.54) is 12.1 Å². The standard InChI is InChI=1S/C22H18FN5O/c1-26-11-12-27(19-8-7-16(23)13-20(19)26)22(29)17-14-25-28-18(9-10-24-21(17)28)15-5-3-2-4-6-15/h2-10,13-14H,11-12H2,1H3. The van der Waals surface area contributed by atoms with E-state index in [1.54, 1.807) is 27.9 Å². The fourth-order valence-electron chi connectivity index (χ4n) is 3.75. The van der Waals surface area contributed by atoms with Gasteiger partial charge in [0.2, 0.25) is 0 Å². The van der Waals surface area contributed by atoms with E-state index >= 15 is 0 Å². The largest absolute Gasteiger partial charge is 0.371 e. The lowest BCUT2D eigenvalue weighted by molar-refractivity contribution is 0.0988. The van der Waals surface area contributed by atoms with E-state index in [0.29, 0.717) is 35.7 Å². The Kier molecular flexibility index (Phi) is 4.01. The van der Waals surface area contributed by atoms with E-state index in [0.717, 1.165) is 11.3 Å². The van der Waals surface area contributed by atoms with Gasteiger partial charge >= 0.3 is 0 Å². The minimum absolute atomic E-state index is 0.196. The fourth-order valence-corrected chi connectivity index (χ4v) is 3.75. The molecule has 0 bridgehead atoms. The Balaban J connectivity index is 1.59. The third kappa shape index (κ3) is 2.82. The predicted molar refractivity (Wildman–Crippen MR) is 110 cm³/mol. The Labute approximate surface area is 166 Å². The molecule has 2 aromatic heterocycles. The zero-order valence-electron chi connectivity index (χ0n) is 15.8. The van der Waals surface area contributed by atoms with Crippen LogP contribution in [0.4, 0.5) is 15.8 Å². The number of halogens is 1. The molecule has 1 amide bonds. The molecule has 7 heteroatoms. The summed E-state index contributed by atoms with van der Waals surface area (Å²) < 4.78 is 15.4. The number of carbonyl (C=O) groups excluding carboxylic acids is 1. The number of benzene rings is 2. The number of aromatic nitrogens is 3. The van der Waals surface area contributed by atoms with Gasteiger partial charge in [-0.05, 0) is 24.3 Å². The van der Waals surface area contributed by atoms with Gasteiger partial charge in [-0.1, -0.05) is 30.3 Å². The lowest BCUT2D eigenvalue weighted by Crippen LogP contribution is -2.42. The number of fused-ring (bicyclic) bond motifs is 2. The predicted octanol–water partition coefficient (Wildman–Crippen LogP) is 3.63. The Morgan fingerprint density at radius 1 is 1.03 bits per heavy atom. The summed E-state index contributed by atoms with van der Waals surface area (Å²) in [5, 5.41) is 4.43. The maximum Gasteiger partial charge on any atom is 0.263 e. The van der Waals surface area contributed by atoms with Gasteiger partial charge in [-0.2, -0.15) is 5.10 Å². The number of hydrogen-bond acceptors (Lipinski definition) is 4. The highest BCUT2D eigenvalue weighted by Gasteiger charge is 2.29. The first-order valence-electron chi connectivity index (χ1n) is 9.34. The number of carbonyl (C=O) groups is 1. The SMILES string of the molecule is CN1CCN(C(=O)c2cnn3c(-c4ccccc4)ccnc23)c2ccc(F)cc21. The molecular weight excluding hydrogens is 369 g/mol. The number of amides is 1. The van der Waals surface area contributed by atoms with Crippen molar-refractivity contribution in [3.05, 3.63) is 78.4 Å². The third-order valence-electron chi connectivity index (χ3n) is 5.24. The molecule has 0 aliphatic carbocycles. The van der Waals surface area contributed by atoms with E-state index in [4.69, 9.17) is 0 Å². The zero-order chi connectivity index (χ0) is 20.0. The first-order valence-corrected chi connectivity index (χ1v) is 9.34. The number of hydrogen-bond donors (Lipinski definition) is 0. The van der Waals surface area contributed by atoms with Crippen LogP contribution >= 0.6 is 0 Å². The monoisotopic (exact) mass is 387 g/mol. The molecule has 0 unspecified atom stereocenters. The van der Waals surface area contributed by atoms with Crippen molar-refractivity contribution in [2.45, 2.75) is 0 Å². The van der Waals surface area contributed by atoms with Crippen molar-refractivity contribution in [3.8, 4) is 11.3 Å². The molecule has 29 heavy (non-hydrogen) atoms.